The monoisotopic (exact) mass is 279 g/mol. The lowest BCUT2D eigenvalue weighted by molar-refractivity contribution is -0.130. The van der Waals surface area contributed by atoms with Crippen LogP contribution in [0.4, 0.5) is 10.1 Å². The molecule has 1 heterocycles. The molecular weight excluding hydrogens is 261 g/mol. The van der Waals surface area contributed by atoms with Gasteiger partial charge in [0.05, 0.1) is 0 Å². The maximum absolute atomic E-state index is 14.6. The van der Waals surface area contributed by atoms with E-state index in [-0.39, 0.29) is 18.5 Å². The van der Waals surface area contributed by atoms with E-state index in [0.29, 0.717) is 12.1 Å². The molecule has 1 aromatic carbocycles. The van der Waals surface area contributed by atoms with Crippen molar-refractivity contribution in [1.29, 1.82) is 0 Å². The third kappa shape index (κ3) is 3.14. The Morgan fingerprint density at radius 2 is 2.20 bits per heavy atom. The number of benzene rings is 1. The molecule has 2 rings (SSSR count). The highest BCUT2D eigenvalue weighted by Crippen LogP contribution is 2.26. The van der Waals surface area contributed by atoms with E-state index in [4.69, 9.17) is 5.73 Å². The van der Waals surface area contributed by atoms with Crippen LogP contribution in [0.25, 0.3) is 0 Å². The summed E-state index contributed by atoms with van der Waals surface area (Å²) in [4.78, 5) is 25.0. The Morgan fingerprint density at radius 3 is 2.85 bits per heavy atom. The number of rotatable bonds is 3. The minimum atomic E-state index is -1.89. The highest BCUT2D eigenvalue weighted by molar-refractivity contribution is 5.99. The first-order valence-corrected chi connectivity index (χ1v) is 6.49. The van der Waals surface area contributed by atoms with Gasteiger partial charge in [0.2, 0.25) is 11.6 Å². The predicted molar refractivity (Wildman–Crippen MR) is 74.2 cm³/mol. The first-order valence-electron chi connectivity index (χ1n) is 6.49. The number of anilines is 1. The number of halogens is 1. The molecule has 1 aromatic rings. The largest absolute Gasteiger partial charge is 0.366 e. The molecule has 1 aliphatic rings. The van der Waals surface area contributed by atoms with Crippen molar-refractivity contribution in [3.8, 4) is 0 Å². The summed E-state index contributed by atoms with van der Waals surface area (Å²) < 4.78 is 14.6. The fourth-order valence-corrected chi connectivity index (χ4v) is 2.39. The molecule has 0 spiro atoms. The van der Waals surface area contributed by atoms with Crippen molar-refractivity contribution in [2.75, 3.05) is 25.5 Å². The summed E-state index contributed by atoms with van der Waals surface area (Å²) in [5.74, 6) is -1.26. The van der Waals surface area contributed by atoms with E-state index in [1.807, 2.05) is 0 Å². The summed E-state index contributed by atoms with van der Waals surface area (Å²) in [7, 11) is 1.79. The van der Waals surface area contributed by atoms with E-state index in [1.165, 1.54) is 12.1 Å². The molecule has 1 atom stereocenters. The standard InChI is InChI=1S/C14H18FN3O2/c1-18-7-3-6-14(15,9-18)13(20)17-11-5-2-4-10(8-11)12(16)19/h2,4-5,8H,3,6-7,9H2,1H3,(H2,16,19)(H,17,20). The fourth-order valence-electron chi connectivity index (χ4n) is 2.39. The highest BCUT2D eigenvalue weighted by atomic mass is 19.1. The van der Waals surface area contributed by atoms with Gasteiger partial charge in [0.25, 0.3) is 5.91 Å². The van der Waals surface area contributed by atoms with Crippen LogP contribution in [0, 0.1) is 0 Å². The number of carbonyl (C=O) groups is 2. The van der Waals surface area contributed by atoms with Gasteiger partial charge in [0.1, 0.15) is 0 Å². The molecule has 3 N–H and O–H groups in total. The third-order valence-electron chi connectivity index (χ3n) is 3.45. The minimum absolute atomic E-state index is 0.0777. The van der Waals surface area contributed by atoms with E-state index in [9.17, 15) is 14.0 Å². The van der Waals surface area contributed by atoms with E-state index >= 15 is 0 Å². The van der Waals surface area contributed by atoms with Crippen LogP contribution in [-0.4, -0.2) is 42.5 Å². The average Bonchev–Trinajstić information content (AvgIpc) is 2.38. The molecule has 1 fully saturated rings. The van der Waals surface area contributed by atoms with Crippen molar-refractivity contribution in [2.24, 2.45) is 5.73 Å². The predicted octanol–water partition coefficient (Wildman–Crippen LogP) is 1.16. The van der Waals surface area contributed by atoms with Gasteiger partial charge in [-0.25, -0.2) is 4.39 Å². The molecule has 20 heavy (non-hydrogen) atoms. The summed E-state index contributed by atoms with van der Waals surface area (Å²) >= 11 is 0. The molecule has 2 amide bonds. The number of alkyl halides is 1. The summed E-state index contributed by atoms with van der Waals surface area (Å²) in [5, 5.41) is 2.52. The van der Waals surface area contributed by atoms with Crippen LogP contribution in [0.1, 0.15) is 23.2 Å². The smallest absolute Gasteiger partial charge is 0.263 e. The number of nitrogens with two attached hydrogens (primary N) is 1. The second-order valence-electron chi connectivity index (χ2n) is 5.21. The lowest BCUT2D eigenvalue weighted by Crippen LogP contribution is -2.51. The normalized spacial score (nSPS) is 23.3. The lowest BCUT2D eigenvalue weighted by Gasteiger charge is -2.34. The van der Waals surface area contributed by atoms with Gasteiger partial charge >= 0.3 is 0 Å². The van der Waals surface area contributed by atoms with Crippen LogP contribution < -0.4 is 11.1 Å². The van der Waals surface area contributed by atoms with Gasteiger partial charge in [0.15, 0.2) is 0 Å². The maximum atomic E-state index is 14.6. The fraction of sp³-hybridized carbons (Fsp3) is 0.429. The van der Waals surface area contributed by atoms with E-state index < -0.39 is 17.5 Å². The Bertz CT molecular complexity index is 535. The van der Waals surface area contributed by atoms with Crippen LogP contribution in [-0.2, 0) is 4.79 Å². The Morgan fingerprint density at radius 1 is 1.45 bits per heavy atom. The topological polar surface area (TPSA) is 75.4 Å². The zero-order valence-electron chi connectivity index (χ0n) is 11.4. The number of piperidine rings is 1. The van der Waals surface area contributed by atoms with E-state index in [1.54, 1.807) is 24.1 Å². The number of hydrogen-bond donors (Lipinski definition) is 2. The van der Waals surface area contributed by atoms with Crippen molar-refractivity contribution in [3.05, 3.63) is 29.8 Å². The van der Waals surface area contributed by atoms with Crippen molar-refractivity contribution in [3.63, 3.8) is 0 Å². The van der Waals surface area contributed by atoms with Gasteiger partial charge in [-0.05, 0) is 44.6 Å². The molecular formula is C14H18FN3O2. The van der Waals surface area contributed by atoms with Gasteiger partial charge in [0, 0.05) is 17.8 Å². The minimum Gasteiger partial charge on any atom is -0.366 e. The van der Waals surface area contributed by atoms with Crippen LogP contribution in [0.5, 0.6) is 0 Å². The van der Waals surface area contributed by atoms with Crippen LogP contribution in [0.2, 0.25) is 0 Å². The second kappa shape index (κ2) is 5.58. The van der Waals surface area contributed by atoms with Crippen molar-refractivity contribution in [2.45, 2.75) is 18.5 Å². The number of nitrogens with zero attached hydrogens (tertiary/aromatic N) is 1. The van der Waals surface area contributed by atoms with Gasteiger partial charge in [-0.1, -0.05) is 6.07 Å². The van der Waals surface area contributed by atoms with Crippen LogP contribution in [0.15, 0.2) is 24.3 Å². The molecule has 1 unspecified atom stereocenters. The van der Waals surface area contributed by atoms with Crippen LogP contribution >= 0.6 is 0 Å². The highest BCUT2D eigenvalue weighted by Gasteiger charge is 2.41. The Hall–Kier alpha value is -1.95. The molecule has 0 saturated carbocycles. The number of hydrogen-bond acceptors (Lipinski definition) is 3. The molecule has 6 heteroatoms. The summed E-state index contributed by atoms with van der Waals surface area (Å²) in [6, 6.07) is 6.17. The Kier molecular flexibility index (Phi) is 4.04. The number of amides is 2. The zero-order valence-corrected chi connectivity index (χ0v) is 11.4. The molecule has 0 bridgehead atoms. The molecule has 108 valence electrons. The summed E-state index contributed by atoms with van der Waals surface area (Å²) in [6.45, 7) is 0.866. The Balaban J connectivity index is 2.11. The third-order valence-corrected chi connectivity index (χ3v) is 3.45. The number of primary amides is 1. The van der Waals surface area contributed by atoms with E-state index in [2.05, 4.69) is 5.32 Å². The van der Waals surface area contributed by atoms with E-state index in [0.717, 1.165) is 6.54 Å². The quantitative estimate of drug-likeness (QED) is 0.871. The van der Waals surface area contributed by atoms with Crippen LogP contribution in [0.3, 0.4) is 0 Å². The SMILES string of the molecule is CN1CCCC(F)(C(=O)Nc2cccc(C(N)=O)c2)C1. The Labute approximate surface area is 116 Å². The average molecular weight is 279 g/mol. The van der Waals surface area contributed by atoms with Crippen molar-refractivity contribution >= 4 is 17.5 Å². The second-order valence-corrected chi connectivity index (χ2v) is 5.21. The molecule has 0 aliphatic carbocycles. The van der Waals surface area contributed by atoms with Gasteiger partial charge < -0.3 is 16.0 Å². The van der Waals surface area contributed by atoms with Crippen molar-refractivity contribution in [1.82, 2.24) is 4.90 Å². The first-order chi connectivity index (χ1) is 9.40. The number of likely N-dealkylation sites (tertiary alicyclic amines) is 1. The maximum Gasteiger partial charge on any atom is 0.263 e. The first kappa shape index (κ1) is 14.5. The summed E-state index contributed by atoms with van der Waals surface area (Å²) in [6.07, 6.45) is 0.848. The molecule has 0 aromatic heterocycles. The molecule has 0 radical (unpaired) electrons. The number of nitrogens with one attached hydrogen (secondary N) is 1. The van der Waals surface area contributed by atoms with Gasteiger partial charge in [-0.2, -0.15) is 0 Å². The molecule has 1 aliphatic heterocycles. The van der Waals surface area contributed by atoms with Crippen molar-refractivity contribution < 1.29 is 14.0 Å². The molecule has 1 saturated heterocycles. The lowest BCUT2D eigenvalue weighted by atomic mass is 9.94. The molecule has 5 nitrogen and oxygen atoms in total. The number of carbonyl (C=O) groups excluding carboxylic acids is 2. The summed E-state index contributed by atoms with van der Waals surface area (Å²) in [5.41, 5.74) is 3.92. The van der Waals surface area contributed by atoms with Gasteiger partial charge in [-0.15, -0.1) is 0 Å². The van der Waals surface area contributed by atoms with Gasteiger partial charge in [-0.3, -0.25) is 9.59 Å². The zero-order chi connectivity index (χ0) is 14.8.